The largest absolute Gasteiger partial charge is 0.291 e. The maximum absolute atomic E-state index is 5.39. The first-order valence-corrected chi connectivity index (χ1v) is 21.8. The second-order valence-corrected chi connectivity index (χ2v) is 17.3. The van der Waals surface area contributed by atoms with Crippen molar-refractivity contribution in [2.75, 3.05) is 0 Å². The van der Waals surface area contributed by atoms with Crippen molar-refractivity contribution >= 4 is 59.0 Å². The molecule has 0 spiro atoms. The Morgan fingerprint density at radius 1 is 0.410 bits per heavy atom. The van der Waals surface area contributed by atoms with Gasteiger partial charge in [0.1, 0.15) is 0 Å². The smallest absolute Gasteiger partial charge is 0.156 e. The fourth-order valence-electron chi connectivity index (χ4n) is 10.3. The third kappa shape index (κ3) is 4.99. The van der Waals surface area contributed by atoms with Gasteiger partial charge in [0.15, 0.2) is 5.65 Å². The number of aromatic nitrogens is 2. The van der Waals surface area contributed by atoms with E-state index in [4.69, 9.17) is 4.98 Å². The van der Waals surface area contributed by atoms with Crippen LogP contribution in [-0.4, -0.2) is 9.38 Å². The van der Waals surface area contributed by atoms with Crippen molar-refractivity contribution in [3.8, 4) is 44.6 Å². The second-order valence-electron chi connectivity index (χ2n) is 16.2. The van der Waals surface area contributed by atoms with Gasteiger partial charge in [-0.05, 0) is 90.8 Å². The summed E-state index contributed by atoms with van der Waals surface area (Å²) in [6.45, 7) is 0. The lowest BCUT2D eigenvalue weighted by atomic mass is 9.67. The zero-order valence-electron chi connectivity index (χ0n) is 33.1. The topological polar surface area (TPSA) is 17.3 Å². The third-order valence-electron chi connectivity index (χ3n) is 13.1. The number of thiophene rings is 1. The second kappa shape index (κ2) is 13.2. The molecule has 0 N–H and O–H groups in total. The third-order valence-corrected chi connectivity index (χ3v) is 14.3. The van der Waals surface area contributed by atoms with Crippen LogP contribution < -0.4 is 0 Å². The molecule has 0 saturated carbocycles. The molecular formula is C58H36N2S. The van der Waals surface area contributed by atoms with E-state index in [1.807, 2.05) is 11.3 Å². The quantitative estimate of drug-likeness (QED) is 0.170. The molecule has 61 heavy (non-hydrogen) atoms. The van der Waals surface area contributed by atoms with E-state index < -0.39 is 5.41 Å². The molecule has 0 amide bonds. The fourth-order valence-corrected chi connectivity index (χ4v) is 11.5. The van der Waals surface area contributed by atoms with Crippen LogP contribution in [0.2, 0.25) is 0 Å². The number of hydrogen-bond acceptors (Lipinski definition) is 2. The van der Waals surface area contributed by atoms with Gasteiger partial charge in [-0.3, -0.25) is 4.40 Å². The molecule has 13 rings (SSSR count). The van der Waals surface area contributed by atoms with Crippen LogP contribution in [0.1, 0.15) is 22.3 Å². The molecule has 0 aliphatic heterocycles. The summed E-state index contributed by atoms with van der Waals surface area (Å²) in [7, 11) is 0. The van der Waals surface area contributed by atoms with Crippen LogP contribution in [0.4, 0.5) is 0 Å². The minimum absolute atomic E-state index is 0.392. The van der Waals surface area contributed by atoms with E-state index in [1.54, 1.807) is 0 Å². The van der Waals surface area contributed by atoms with Crippen molar-refractivity contribution in [3.05, 3.63) is 241 Å². The highest BCUT2D eigenvalue weighted by molar-refractivity contribution is 7.26. The summed E-state index contributed by atoms with van der Waals surface area (Å²) in [6, 6.07) is 80.3. The van der Waals surface area contributed by atoms with Crippen LogP contribution in [0.5, 0.6) is 0 Å². The molecule has 9 aromatic carbocycles. The van der Waals surface area contributed by atoms with Gasteiger partial charge in [0, 0.05) is 20.9 Å². The van der Waals surface area contributed by atoms with Crippen LogP contribution >= 0.6 is 11.3 Å². The van der Waals surface area contributed by atoms with Gasteiger partial charge in [0.25, 0.3) is 0 Å². The van der Waals surface area contributed by atoms with Crippen molar-refractivity contribution in [3.63, 3.8) is 0 Å². The van der Waals surface area contributed by atoms with Gasteiger partial charge in [-0.1, -0.05) is 194 Å². The summed E-state index contributed by atoms with van der Waals surface area (Å²) in [5.41, 5.74) is 17.7. The van der Waals surface area contributed by atoms with Gasteiger partial charge >= 0.3 is 0 Å². The number of fused-ring (bicyclic) bond motifs is 12. The van der Waals surface area contributed by atoms with Crippen LogP contribution in [0.3, 0.4) is 0 Å². The SMILES string of the molecule is c1ccc(C2(c3ccccc3)c3ccccc3-c3cc(-c4ccc(-c5ccc(-c6cc7c8ccccc8sc7c7nc8c9ccccc9ccc8n67)cc5)cc4)ccc32)cc1. The average molecular weight is 793 g/mol. The Morgan fingerprint density at radius 3 is 1.72 bits per heavy atom. The van der Waals surface area contributed by atoms with Crippen LogP contribution in [-0.2, 0) is 5.41 Å². The van der Waals surface area contributed by atoms with E-state index >= 15 is 0 Å². The predicted octanol–water partition coefficient (Wildman–Crippen LogP) is 15.4. The first kappa shape index (κ1) is 34.3. The summed E-state index contributed by atoms with van der Waals surface area (Å²) < 4.78 is 4.88. The average Bonchev–Trinajstić information content (AvgIpc) is 4.01. The van der Waals surface area contributed by atoms with Gasteiger partial charge in [0.05, 0.1) is 26.8 Å². The molecule has 3 heterocycles. The molecule has 284 valence electrons. The van der Waals surface area contributed by atoms with Crippen molar-refractivity contribution < 1.29 is 0 Å². The van der Waals surface area contributed by atoms with Crippen molar-refractivity contribution in [2.24, 2.45) is 0 Å². The Balaban J connectivity index is 0.892. The van der Waals surface area contributed by atoms with Crippen molar-refractivity contribution in [1.29, 1.82) is 0 Å². The van der Waals surface area contributed by atoms with Gasteiger partial charge < -0.3 is 0 Å². The maximum atomic E-state index is 5.39. The summed E-state index contributed by atoms with van der Waals surface area (Å²) in [5, 5.41) is 4.92. The predicted molar refractivity (Wildman–Crippen MR) is 257 cm³/mol. The molecule has 0 fully saturated rings. The van der Waals surface area contributed by atoms with E-state index in [-0.39, 0.29) is 0 Å². The molecule has 2 nitrogen and oxygen atoms in total. The molecule has 12 aromatic rings. The summed E-state index contributed by atoms with van der Waals surface area (Å²) >= 11 is 1.83. The first-order chi connectivity index (χ1) is 30.2. The Bertz CT molecular complexity index is 3630. The van der Waals surface area contributed by atoms with Crippen molar-refractivity contribution in [2.45, 2.75) is 5.41 Å². The molecule has 3 heteroatoms. The lowest BCUT2D eigenvalue weighted by Crippen LogP contribution is -2.28. The number of pyridine rings is 1. The van der Waals surface area contributed by atoms with Crippen LogP contribution in [0, 0.1) is 0 Å². The minimum Gasteiger partial charge on any atom is -0.291 e. The lowest BCUT2D eigenvalue weighted by molar-refractivity contribution is 0.768. The molecule has 1 aliphatic rings. The highest BCUT2D eigenvalue weighted by Crippen LogP contribution is 2.56. The summed E-state index contributed by atoms with van der Waals surface area (Å²) in [5.74, 6) is 0. The number of imidazole rings is 1. The highest BCUT2D eigenvalue weighted by atomic mass is 32.1. The normalized spacial score (nSPS) is 13.0. The summed E-state index contributed by atoms with van der Waals surface area (Å²) in [6.07, 6.45) is 0. The molecule has 0 unspecified atom stereocenters. The van der Waals surface area contributed by atoms with Gasteiger partial charge in [-0.25, -0.2) is 4.98 Å². The fraction of sp³-hybridized carbons (Fsp3) is 0.0172. The molecule has 0 radical (unpaired) electrons. The van der Waals surface area contributed by atoms with Gasteiger partial charge in [-0.15, -0.1) is 11.3 Å². The van der Waals surface area contributed by atoms with Crippen molar-refractivity contribution in [1.82, 2.24) is 9.38 Å². The number of rotatable bonds is 5. The van der Waals surface area contributed by atoms with Crippen LogP contribution in [0.15, 0.2) is 218 Å². The van der Waals surface area contributed by atoms with Gasteiger partial charge in [0.2, 0.25) is 0 Å². The van der Waals surface area contributed by atoms with Gasteiger partial charge in [-0.2, -0.15) is 0 Å². The molecule has 0 saturated heterocycles. The molecule has 0 bridgehead atoms. The Labute approximate surface area is 357 Å². The van der Waals surface area contributed by atoms with E-state index in [0.29, 0.717) is 0 Å². The lowest BCUT2D eigenvalue weighted by Gasteiger charge is -2.33. The van der Waals surface area contributed by atoms with E-state index in [2.05, 4.69) is 223 Å². The molecule has 3 aromatic heterocycles. The number of benzene rings is 9. The highest BCUT2D eigenvalue weighted by Gasteiger charge is 2.45. The Hall–Kier alpha value is -7.59. The Morgan fingerprint density at radius 2 is 0.984 bits per heavy atom. The monoisotopic (exact) mass is 792 g/mol. The zero-order valence-corrected chi connectivity index (χ0v) is 33.9. The molecule has 0 atom stereocenters. The van der Waals surface area contributed by atoms with E-state index in [1.165, 1.54) is 86.6 Å². The van der Waals surface area contributed by atoms with E-state index in [0.717, 1.165) is 27.9 Å². The summed E-state index contributed by atoms with van der Waals surface area (Å²) in [4.78, 5) is 5.39. The minimum atomic E-state index is -0.392. The van der Waals surface area contributed by atoms with Crippen LogP contribution in [0.25, 0.3) is 92.3 Å². The zero-order chi connectivity index (χ0) is 40.1. The number of hydrogen-bond donors (Lipinski definition) is 0. The van der Waals surface area contributed by atoms with E-state index in [9.17, 15) is 0 Å². The molecular weight excluding hydrogens is 757 g/mol. The first-order valence-electron chi connectivity index (χ1n) is 20.9. The maximum Gasteiger partial charge on any atom is 0.156 e. The standard InChI is InChI=1S/C58H36N2S/c1-3-14-43(15-4-1)58(44-16-5-2-6-17-44)50-21-11-9-19-46(50)48-35-42(31-33-51(48)58)39-25-23-37(24-26-39)38-27-29-41(30-28-38)53-36-49-47-20-10-12-22-54(47)61-56(49)57-59-55-45-18-8-7-13-40(45)32-34-52(55)60(53)57/h1-36H. The Kier molecular flexibility index (Phi) is 7.42. The molecule has 1 aliphatic carbocycles. The number of nitrogens with zero attached hydrogens (tertiary/aromatic N) is 2.